The molecule has 134 valence electrons. The van der Waals surface area contributed by atoms with E-state index in [4.69, 9.17) is 5.26 Å². The van der Waals surface area contributed by atoms with Crippen molar-refractivity contribution >= 4 is 0 Å². The summed E-state index contributed by atoms with van der Waals surface area (Å²) in [4.78, 5) is 0. The van der Waals surface area contributed by atoms with Gasteiger partial charge >= 0.3 is 0 Å². The second kappa shape index (κ2) is 11.5. The molecule has 2 rings (SSSR count). The van der Waals surface area contributed by atoms with Crippen LogP contribution in [0, 0.1) is 29.1 Å². The fraction of sp³-hybridized carbons (Fsp3) is 0.783. The average Bonchev–Trinajstić information content (AvgIpc) is 2.64. The summed E-state index contributed by atoms with van der Waals surface area (Å²) < 4.78 is 0. The Labute approximate surface area is 150 Å². The molecule has 0 N–H and O–H groups in total. The zero-order valence-corrected chi connectivity index (χ0v) is 15.8. The summed E-state index contributed by atoms with van der Waals surface area (Å²) in [6.07, 6.45) is 26.3. The topological polar surface area (TPSA) is 23.8 Å². The van der Waals surface area contributed by atoms with Crippen molar-refractivity contribution in [1.82, 2.24) is 0 Å². The highest BCUT2D eigenvalue weighted by Gasteiger charge is 2.26. The first kappa shape index (κ1) is 19.3. The average molecular weight is 328 g/mol. The quantitative estimate of drug-likeness (QED) is 0.385. The second-order valence-corrected chi connectivity index (χ2v) is 8.07. The van der Waals surface area contributed by atoms with Gasteiger partial charge in [0.2, 0.25) is 0 Å². The molecular weight excluding hydrogens is 290 g/mol. The monoisotopic (exact) mass is 327 g/mol. The summed E-state index contributed by atoms with van der Waals surface area (Å²) >= 11 is 0. The maximum Gasteiger partial charge on any atom is 0.0988 e. The van der Waals surface area contributed by atoms with Crippen LogP contribution in [0.25, 0.3) is 0 Å². The molecule has 1 fully saturated rings. The molecule has 0 aromatic heterocycles. The van der Waals surface area contributed by atoms with Gasteiger partial charge in [-0.1, -0.05) is 89.7 Å². The molecule has 24 heavy (non-hydrogen) atoms. The van der Waals surface area contributed by atoms with E-state index in [9.17, 15) is 0 Å². The van der Waals surface area contributed by atoms with Gasteiger partial charge in [0, 0.05) is 5.57 Å². The van der Waals surface area contributed by atoms with Gasteiger partial charge in [-0.15, -0.1) is 0 Å². The molecule has 2 aliphatic rings. The number of allylic oxidation sites excluding steroid dienone is 4. The first-order valence-corrected chi connectivity index (χ1v) is 10.6. The smallest absolute Gasteiger partial charge is 0.0988 e. The molecule has 0 bridgehead atoms. The lowest BCUT2D eigenvalue weighted by Crippen LogP contribution is -2.21. The first-order valence-electron chi connectivity index (χ1n) is 10.6. The summed E-state index contributed by atoms with van der Waals surface area (Å²) in [5.41, 5.74) is 0.856. The van der Waals surface area contributed by atoms with Crippen LogP contribution in [-0.2, 0) is 0 Å². The number of unbranched alkanes of at least 4 members (excludes halogenated alkanes) is 7. The zero-order valence-electron chi connectivity index (χ0n) is 15.8. The summed E-state index contributed by atoms with van der Waals surface area (Å²) in [5.74, 6) is 2.57. The van der Waals surface area contributed by atoms with Crippen molar-refractivity contribution in [3.8, 4) is 6.07 Å². The fourth-order valence-corrected chi connectivity index (χ4v) is 4.54. The predicted molar refractivity (Wildman–Crippen MR) is 104 cm³/mol. The molecule has 0 spiro atoms. The Kier molecular flexibility index (Phi) is 9.26. The van der Waals surface area contributed by atoms with Crippen LogP contribution in [0.3, 0.4) is 0 Å². The molecule has 1 unspecified atom stereocenters. The molecule has 1 saturated carbocycles. The van der Waals surface area contributed by atoms with Gasteiger partial charge in [-0.25, -0.2) is 0 Å². The Morgan fingerprint density at radius 3 is 2.21 bits per heavy atom. The minimum atomic E-state index is 0.700. The Balaban J connectivity index is 1.50. The van der Waals surface area contributed by atoms with Crippen molar-refractivity contribution in [2.45, 2.75) is 96.8 Å². The molecule has 0 aromatic carbocycles. The summed E-state index contributed by atoms with van der Waals surface area (Å²) in [5, 5.41) is 8.93. The van der Waals surface area contributed by atoms with Crippen molar-refractivity contribution in [2.75, 3.05) is 0 Å². The van der Waals surface area contributed by atoms with Gasteiger partial charge in [-0.05, 0) is 43.1 Å². The van der Waals surface area contributed by atoms with Crippen LogP contribution in [0.4, 0.5) is 0 Å². The molecule has 0 heterocycles. The van der Waals surface area contributed by atoms with Gasteiger partial charge in [0.15, 0.2) is 0 Å². The van der Waals surface area contributed by atoms with Gasteiger partial charge in [0.25, 0.3) is 0 Å². The molecule has 0 saturated heterocycles. The third kappa shape index (κ3) is 6.84. The molecule has 0 amide bonds. The van der Waals surface area contributed by atoms with E-state index in [1.54, 1.807) is 0 Å². The summed E-state index contributed by atoms with van der Waals surface area (Å²) in [6, 6.07) is 2.26. The highest BCUT2D eigenvalue weighted by atomic mass is 14.3. The van der Waals surface area contributed by atoms with Crippen LogP contribution in [0.5, 0.6) is 0 Å². The fourth-order valence-electron chi connectivity index (χ4n) is 4.54. The lowest BCUT2D eigenvalue weighted by atomic mass is 9.72. The van der Waals surface area contributed by atoms with Crippen LogP contribution in [0.2, 0.25) is 0 Å². The maximum absolute atomic E-state index is 8.93. The minimum Gasteiger partial charge on any atom is -0.192 e. The molecule has 0 radical (unpaired) electrons. The molecular formula is C23H37N. The van der Waals surface area contributed by atoms with E-state index in [1.807, 2.05) is 6.08 Å². The van der Waals surface area contributed by atoms with Gasteiger partial charge in [-0.2, -0.15) is 5.26 Å². The van der Waals surface area contributed by atoms with Crippen LogP contribution >= 0.6 is 0 Å². The number of nitrogens with zero attached hydrogens (tertiary/aromatic N) is 1. The van der Waals surface area contributed by atoms with Gasteiger partial charge < -0.3 is 0 Å². The first-order chi connectivity index (χ1) is 11.8. The highest BCUT2D eigenvalue weighted by Crippen LogP contribution is 2.38. The van der Waals surface area contributed by atoms with E-state index in [1.165, 1.54) is 83.5 Å². The van der Waals surface area contributed by atoms with E-state index in [2.05, 4.69) is 25.1 Å². The van der Waals surface area contributed by atoms with Gasteiger partial charge in [0.05, 0.1) is 6.07 Å². The van der Waals surface area contributed by atoms with Crippen LogP contribution in [0.1, 0.15) is 96.8 Å². The zero-order chi connectivity index (χ0) is 17.0. The number of hydrogen-bond donors (Lipinski definition) is 0. The van der Waals surface area contributed by atoms with Gasteiger partial charge in [-0.3, -0.25) is 0 Å². The predicted octanol–water partition coefficient (Wildman–Crippen LogP) is 7.35. The molecule has 0 aromatic rings. The van der Waals surface area contributed by atoms with Crippen molar-refractivity contribution in [3.63, 3.8) is 0 Å². The number of rotatable bonds is 10. The van der Waals surface area contributed by atoms with Crippen molar-refractivity contribution in [3.05, 3.63) is 23.8 Å². The minimum absolute atomic E-state index is 0.700. The molecule has 2 aliphatic carbocycles. The second-order valence-electron chi connectivity index (χ2n) is 8.07. The lowest BCUT2D eigenvalue weighted by molar-refractivity contribution is 0.218. The van der Waals surface area contributed by atoms with Crippen molar-refractivity contribution in [2.24, 2.45) is 17.8 Å². The Hall–Kier alpha value is -1.03. The SMILES string of the molecule is CCCCCCCCCCC1CCC(C2C=CC(C#N)=CC2)CC1. The largest absolute Gasteiger partial charge is 0.192 e. The molecule has 1 heteroatoms. The number of hydrogen-bond acceptors (Lipinski definition) is 1. The Bertz CT molecular complexity index is 431. The van der Waals surface area contributed by atoms with E-state index >= 15 is 0 Å². The number of nitriles is 1. The van der Waals surface area contributed by atoms with E-state index < -0.39 is 0 Å². The summed E-state index contributed by atoms with van der Waals surface area (Å²) in [6.45, 7) is 2.29. The van der Waals surface area contributed by atoms with Crippen molar-refractivity contribution in [1.29, 1.82) is 5.26 Å². The third-order valence-corrected chi connectivity index (χ3v) is 6.22. The Morgan fingerprint density at radius 1 is 0.958 bits per heavy atom. The van der Waals surface area contributed by atoms with E-state index in [0.29, 0.717) is 5.92 Å². The van der Waals surface area contributed by atoms with E-state index in [-0.39, 0.29) is 0 Å². The summed E-state index contributed by atoms with van der Waals surface area (Å²) in [7, 11) is 0. The normalized spacial score (nSPS) is 26.8. The van der Waals surface area contributed by atoms with Crippen molar-refractivity contribution < 1.29 is 0 Å². The van der Waals surface area contributed by atoms with Crippen LogP contribution in [0.15, 0.2) is 23.8 Å². The van der Waals surface area contributed by atoms with Gasteiger partial charge in [0.1, 0.15) is 0 Å². The Morgan fingerprint density at radius 2 is 1.62 bits per heavy atom. The highest BCUT2D eigenvalue weighted by molar-refractivity contribution is 5.35. The lowest BCUT2D eigenvalue weighted by Gasteiger charge is -2.33. The standard InChI is InChI=1S/C23H37N/c1-2-3-4-5-6-7-8-9-10-20-11-15-22(16-12-20)23-17-13-21(19-24)14-18-23/h13-14,17,20,22-23H,2-12,15-16,18H2,1H3. The van der Waals surface area contributed by atoms with Crippen LogP contribution in [-0.4, -0.2) is 0 Å². The third-order valence-electron chi connectivity index (χ3n) is 6.22. The van der Waals surface area contributed by atoms with E-state index in [0.717, 1.165) is 23.8 Å². The maximum atomic E-state index is 8.93. The molecule has 1 atom stereocenters. The van der Waals surface area contributed by atoms with Crippen LogP contribution < -0.4 is 0 Å². The molecule has 0 aliphatic heterocycles. The molecule has 1 nitrogen and oxygen atoms in total.